The quantitative estimate of drug-likeness (QED) is 0.681. The number of para-hydroxylation sites is 1. The summed E-state index contributed by atoms with van der Waals surface area (Å²) in [6.07, 6.45) is 4.05. The van der Waals surface area contributed by atoms with E-state index in [0.29, 0.717) is 24.7 Å². The van der Waals surface area contributed by atoms with Crippen LogP contribution in [0.2, 0.25) is 0 Å². The van der Waals surface area contributed by atoms with Gasteiger partial charge in [0.15, 0.2) is 0 Å². The molecule has 0 aromatic heterocycles. The van der Waals surface area contributed by atoms with Crippen LogP contribution in [0.5, 0.6) is 0 Å². The van der Waals surface area contributed by atoms with Crippen molar-refractivity contribution >= 4 is 17.3 Å². The maximum atomic E-state index is 11.1. The smallest absolute Gasteiger partial charge is 0.337 e. The Balaban J connectivity index is 2.29. The second-order valence-corrected chi connectivity index (χ2v) is 4.90. The minimum atomic E-state index is -1.00. The molecular weight excluding hydrogens is 244 g/mol. The molecule has 0 saturated heterocycles. The predicted octanol–water partition coefficient (Wildman–Crippen LogP) is 1.71. The van der Waals surface area contributed by atoms with Crippen molar-refractivity contribution in [2.24, 2.45) is 0 Å². The van der Waals surface area contributed by atoms with Crippen molar-refractivity contribution in [3.8, 4) is 0 Å². The molecule has 4 N–H and O–H groups in total. The molecular formula is C14H20N2O3. The van der Waals surface area contributed by atoms with Gasteiger partial charge in [-0.05, 0) is 37.8 Å². The Hall–Kier alpha value is -1.75. The topological polar surface area (TPSA) is 86.8 Å². The Bertz CT molecular complexity index is 458. The second-order valence-electron chi connectivity index (χ2n) is 4.90. The van der Waals surface area contributed by atoms with Crippen LogP contribution in [0.15, 0.2) is 18.2 Å². The molecule has 0 heterocycles. The summed E-state index contributed by atoms with van der Waals surface area (Å²) in [7, 11) is 0. The Morgan fingerprint density at radius 1 is 1.42 bits per heavy atom. The highest BCUT2D eigenvalue weighted by molar-refractivity contribution is 5.97. The maximum Gasteiger partial charge on any atom is 0.337 e. The van der Waals surface area contributed by atoms with Crippen molar-refractivity contribution in [2.45, 2.75) is 31.7 Å². The van der Waals surface area contributed by atoms with Crippen LogP contribution >= 0.6 is 0 Å². The number of aliphatic hydroxyl groups excluding tert-OH is 1. The van der Waals surface area contributed by atoms with E-state index in [1.165, 1.54) is 12.5 Å². The number of benzene rings is 1. The zero-order valence-corrected chi connectivity index (χ0v) is 10.9. The number of carboxylic acids is 1. The zero-order chi connectivity index (χ0) is 13.8. The third-order valence-electron chi connectivity index (χ3n) is 3.70. The number of nitrogens with two attached hydrogens (primary N) is 1. The van der Waals surface area contributed by atoms with E-state index >= 15 is 0 Å². The molecule has 0 unspecified atom stereocenters. The van der Waals surface area contributed by atoms with Crippen molar-refractivity contribution < 1.29 is 15.0 Å². The lowest BCUT2D eigenvalue weighted by atomic mass is 9.90. The lowest BCUT2D eigenvalue weighted by Gasteiger charge is -2.40. The highest BCUT2D eigenvalue weighted by atomic mass is 16.4. The Morgan fingerprint density at radius 3 is 2.68 bits per heavy atom. The van der Waals surface area contributed by atoms with Crippen molar-refractivity contribution in [3.63, 3.8) is 0 Å². The van der Waals surface area contributed by atoms with Crippen LogP contribution < -0.4 is 10.6 Å². The van der Waals surface area contributed by atoms with Crippen LogP contribution in [0.1, 0.15) is 36.0 Å². The third-order valence-corrected chi connectivity index (χ3v) is 3.70. The molecule has 2 rings (SSSR count). The first-order valence-corrected chi connectivity index (χ1v) is 6.64. The van der Waals surface area contributed by atoms with Crippen LogP contribution in [0, 0.1) is 0 Å². The largest absolute Gasteiger partial charge is 0.478 e. The fraction of sp³-hybridized carbons (Fsp3) is 0.500. The molecule has 1 aliphatic carbocycles. The number of hydrogen-bond donors (Lipinski definition) is 3. The third kappa shape index (κ3) is 2.81. The molecule has 0 atom stereocenters. The van der Waals surface area contributed by atoms with Gasteiger partial charge in [0.25, 0.3) is 0 Å². The summed E-state index contributed by atoms with van der Waals surface area (Å²) < 4.78 is 0. The minimum Gasteiger partial charge on any atom is -0.478 e. The van der Waals surface area contributed by atoms with Gasteiger partial charge in [-0.2, -0.15) is 0 Å². The molecule has 1 aliphatic rings. The zero-order valence-electron chi connectivity index (χ0n) is 10.9. The highest BCUT2D eigenvalue weighted by Crippen LogP contribution is 2.34. The number of nitrogens with zero attached hydrogens (tertiary/aromatic N) is 1. The molecule has 0 aliphatic heterocycles. The lowest BCUT2D eigenvalue weighted by Crippen LogP contribution is -2.41. The maximum absolute atomic E-state index is 11.1. The summed E-state index contributed by atoms with van der Waals surface area (Å²) in [6, 6.07) is 5.52. The van der Waals surface area contributed by atoms with Crippen LogP contribution in [-0.2, 0) is 0 Å². The van der Waals surface area contributed by atoms with Gasteiger partial charge >= 0.3 is 5.97 Å². The summed E-state index contributed by atoms with van der Waals surface area (Å²) in [4.78, 5) is 13.3. The van der Waals surface area contributed by atoms with E-state index in [0.717, 1.165) is 18.5 Å². The number of rotatable bonds is 6. The average molecular weight is 264 g/mol. The highest BCUT2D eigenvalue weighted by Gasteiger charge is 2.27. The van der Waals surface area contributed by atoms with Gasteiger partial charge in [-0.15, -0.1) is 0 Å². The number of nitrogen functional groups attached to an aromatic ring is 1. The first kappa shape index (κ1) is 13.7. The molecule has 5 heteroatoms. The molecule has 1 aromatic carbocycles. The molecule has 1 fully saturated rings. The van der Waals surface area contributed by atoms with Crippen LogP contribution in [0.25, 0.3) is 0 Å². The Morgan fingerprint density at radius 2 is 2.16 bits per heavy atom. The van der Waals surface area contributed by atoms with E-state index in [4.69, 9.17) is 15.9 Å². The molecule has 0 amide bonds. The van der Waals surface area contributed by atoms with E-state index in [9.17, 15) is 4.79 Å². The lowest BCUT2D eigenvalue weighted by molar-refractivity contribution is 0.0698. The van der Waals surface area contributed by atoms with Crippen LogP contribution in [0.4, 0.5) is 11.4 Å². The van der Waals surface area contributed by atoms with E-state index in [-0.39, 0.29) is 12.2 Å². The molecule has 5 nitrogen and oxygen atoms in total. The normalized spacial score (nSPS) is 15.0. The van der Waals surface area contributed by atoms with Crippen molar-refractivity contribution in [1.82, 2.24) is 0 Å². The number of hydrogen-bond acceptors (Lipinski definition) is 4. The predicted molar refractivity (Wildman–Crippen MR) is 74.5 cm³/mol. The van der Waals surface area contributed by atoms with Crippen molar-refractivity contribution in [2.75, 3.05) is 23.8 Å². The van der Waals surface area contributed by atoms with Gasteiger partial charge in [-0.25, -0.2) is 4.79 Å². The number of aromatic carboxylic acids is 1. The van der Waals surface area contributed by atoms with Gasteiger partial charge in [0.1, 0.15) is 0 Å². The standard InChI is InChI=1S/C14H20N2O3/c15-13-11(14(18)19)6-2-7-12(13)16(8-3-9-17)10-4-1-5-10/h2,6-7,10,17H,1,3-5,8-9,15H2,(H,18,19). The van der Waals surface area contributed by atoms with Gasteiger partial charge < -0.3 is 20.8 Å². The fourth-order valence-corrected chi connectivity index (χ4v) is 2.43. The van der Waals surface area contributed by atoms with Crippen LogP contribution in [0.3, 0.4) is 0 Å². The van der Waals surface area contributed by atoms with Crippen molar-refractivity contribution in [3.05, 3.63) is 23.8 Å². The van der Waals surface area contributed by atoms with E-state index in [1.807, 2.05) is 6.07 Å². The first-order chi connectivity index (χ1) is 9.15. The number of aliphatic hydroxyl groups is 1. The molecule has 1 saturated carbocycles. The SMILES string of the molecule is Nc1c(C(=O)O)cccc1N(CCCO)C1CCC1. The molecule has 0 spiro atoms. The van der Waals surface area contributed by atoms with Gasteiger partial charge in [0, 0.05) is 19.2 Å². The molecule has 104 valence electrons. The average Bonchev–Trinajstić information content (AvgIpc) is 2.32. The fourth-order valence-electron chi connectivity index (χ4n) is 2.43. The van der Waals surface area contributed by atoms with Crippen LogP contribution in [-0.4, -0.2) is 35.4 Å². The molecule has 1 aromatic rings. The summed E-state index contributed by atoms with van der Waals surface area (Å²) >= 11 is 0. The first-order valence-electron chi connectivity index (χ1n) is 6.64. The number of anilines is 2. The summed E-state index contributed by atoms with van der Waals surface area (Å²) in [6.45, 7) is 0.830. The Labute approximate surface area is 112 Å². The van der Waals surface area contributed by atoms with E-state index in [2.05, 4.69) is 4.90 Å². The van der Waals surface area contributed by atoms with E-state index < -0.39 is 5.97 Å². The molecule has 0 bridgehead atoms. The van der Waals surface area contributed by atoms with Crippen molar-refractivity contribution in [1.29, 1.82) is 0 Å². The Kier molecular flexibility index (Phi) is 4.27. The number of carboxylic acid groups (broad SMARTS) is 1. The second kappa shape index (κ2) is 5.93. The van der Waals surface area contributed by atoms with Gasteiger partial charge in [0.2, 0.25) is 0 Å². The summed E-state index contributed by atoms with van der Waals surface area (Å²) in [5.41, 5.74) is 7.23. The van der Waals surface area contributed by atoms with Gasteiger partial charge in [-0.1, -0.05) is 6.07 Å². The molecule has 0 radical (unpaired) electrons. The van der Waals surface area contributed by atoms with Gasteiger partial charge in [-0.3, -0.25) is 0 Å². The number of carbonyl (C=O) groups is 1. The summed E-state index contributed by atoms with van der Waals surface area (Å²) in [5, 5.41) is 18.1. The van der Waals surface area contributed by atoms with E-state index in [1.54, 1.807) is 6.07 Å². The molecule has 19 heavy (non-hydrogen) atoms. The monoisotopic (exact) mass is 264 g/mol. The minimum absolute atomic E-state index is 0.127. The summed E-state index contributed by atoms with van der Waals surface area (Å²) in [5.74, 6) is -1.00. The van der Waals surface area contributed by atoms with Gasteiger partial charge in [0.05, 0.1) is 16.9 Å².